The molecule has 294 valence electrons. The third kappa shape index (κ3) is 8.79. The van der Waals surface area contributed by atoms with Crippen LogP contribution in [0.4, 0.5) is 62.6 Å². The predicted molar refractivity (Wildman–Crippen MR) is 257 cm³/mol. The van der Waals surface area contributed by atoms with E-state index in [-0.39, 0.29) is 12.0 Å². The summed E-state index contributed by atoms with van der Waals surface area (Å²) in [5.74, 6) is 0.286. The van der Waals surface area contributed by atoms with E-state index in [1.807, 2.05) is 12.2 Å². The third-order valence-electron chi connectivity index (χ3n) is 10.9. The monoisotopic (exact) mass is 778 g/mol. The van der Waals surface area contributed by atoms with Gasteiger partial charge in [-0.25, -0.2) is 0 Å². The van der Waals surface area contributed by atoms with Gasteiger partial charge in [0.1, 0.15) is 0 Å². The van der Waals surface area contributed by atoms with Gasteiger partial charge in [0, 0.05) is 68.6 Å². The van der Waals surface area contributed by atoms with Crippen molar-refractivity contribution in [3.8, 4) is 0 Å². The smallest absolute Gasteiger partial charge is 0.0463 e. The van der Waals surface area contributed by atoms with Crippen molar-refractivity contribution >= 4 is 62.6 Å². The van der Waals surface area contributed by atoms with Crippen LogP contribution < -0.4 is 19.6 Å². The minimum atomic E-state index is 0.194. The highest BCUT2D eigenvalue weighted by molar-refractivity contribution is 5.84. The average Bonchev–Trinajstić information content (AvgIpc) is 3.32. The Labute approximate surface area is 355 Å². The van der Waals surface area contributed by atoms with E-state index in [0.717, 1.165) is 62.6 Å². The number of allylic oxidation sites excluding steroid dienone is 2. The second kappa shape index (κ2) is 18.8. The molecular weight excluding hydrogens is 729 g/mol. The lowest BCUT2D eigenvalue weighted by Gasteiger charge is -2.35. The molecule has 2 unspecified atom stereocenters. The van der Waals surface area contributed by atoms with E-state index in [1.54, 1.807) is 0 Å². The summed E-state index contributed by atoms with van der Waals surface area (Å²) in [6.45, 7) is 8.45. The Morgan fingerprint density at radius 3 is 0.800 bits per heavy atom. The summed E-state index contributed by atoms with van der Waals surface area (Å²) >= 11 is 0. The summed E-state index contributed by atoms with van der Waals surface area (Å²) in [6.07, 6.45) is 6.12. The molecule has 0 aliphatic rings. The Kier molecular flexibility index (Phi) is 12.3. The summed E-state index contributed by atoms with van der Waals surface area (Å²) in [7, 11) is 0. The van der Waals surface area contributed by atoms with Crippen LogP contribution in [-0.2, 0) is 0 Å². The van der Waals surface area contributed by atoms with Gasteiger partial charge in [0.25, 0.3) is 0 Å². The van der Waals surface area contributed by atoms with Crippen LogP contribution >= 0.6 is 0 Å². The van der Waals surface area contributed by atoms with Crippen LogP contribution in [0, 0.1) is 5.92 Å². The van der Waals surface area contributed by atoms with Gasteiger partial charge in [0.15, 0.2) is 0 Å². The molecule has 0 saturated carbocycles. The zero-order chi connectivity index (χ0) is 41.1. The normalized spacial score (nSPS) is 12.0. The molecule has 8 rings (SSSR count). The van der Waals surface area contributed by atoms with Crippen molar-refractivity contribution in [2.24, 2.45) is 5.92 Å². The van der Waals surface area contributed by atoms with Crippen LogP contribution in [0.25, 0.3) is 0 Å². The summed E-state index contributed by atoms with van der Waals surface area (Å²) in [5.41, 5.74) is 12.0. The van der Waals surface area contributed by atoms with Gasteiger partial charge in [-0.2, -0.15) is 0 Å². The van der Waals surface area contributed by atoms with Crippen molar-refractivity contribution in [3.63, 3.8) is 0 Å². The van der Waals surface area contributed by atoms with Crippen LogP contribution in [0.15, 0.2) is 249 Å². The van der Waals surface area contributed by atoms with Gasteiger partial charge < -0.3 is 19.6 Å². The SMILES string of the molecule is C=C/C=C\C(C)C(C)N(c1ccccc1)c1ccc(N(c2ccc(N(c3ccccc3)c3ccccc3)cc2)c2ccc(N(c3ccccc3)c3ccccc3)cc2)cc1. The molecule has 0 heterocycles. The minimum absolute atomic E-state index is 0.194. The van der Waals surface area contributed by atoms with E-state index in [2.05, 4.69) is 271 Å². The fourth-order valence-electron chi connectivity index (χ4n) is 7.77. The molecule has 2 atom stereocenters. The highest BCUT2D eigenvalue weighted by Crippen LogP contribution is 2.42. The lowest BCUT2D eigenvalue weighted by molar-refractivity contribution is 0.568. The van der Waals surface area contributed by atoms with E-state index in [0.29, 0.717) is 0 Å². The first kappa shape index (κ1) is 39.3. The average molecular weight is 779 g/mol. The van der Waals surface area contributed by atoms with Gasteiger partial charge in [-0.15, -0.1) is 0 Å². The van der Waals surface area contributed by atoms with Gasteiger partial charge >= 0.3 is 0 Å². The van der Waals surface area contributed by atoms with Crippen molar-refractivity contribution in [1.29, 1.82) is 0 Å². The van der Waals surface area contributed by atoms with Gasteiger partial charge in [-0.3, -0.25) is 0 Å². The van der Waals surface area contributed by atoms with Crippen molar-refractivity contribution < 1.29 is 0 Å². The van der Waals surface area contributed by atoms with Gasteiger partial charge in [0.05, 0.1) is 0 Å². The Morgan fingerprint density at radius 2 is 0.533 bits per heavy atom. The van der Waals surface area contributed by atoms with Crippen LogP contribution in [-0.4, -0.2) is 6.04 Å². The fraction of sp³-hybridized carbons (Fsp3) is 0.0714. The zero-order valence-corrected chi connectivity index (χ0v) is 34.2. The molecule has 0 aliphatic carbocycles. The molecule has 4 nitrogen and oxygen atoms in total. The van der Waals surface area contributed by atoms with Gasteiger partial charge in [0.2, 0.25) is 0 Å². The highest BCUT2D eigenvalue weighted by atomic mass is 15.2. The van der Waals surface area contributed by atoms with E-state index >= 15 is 0 Å². The molecule has 4 heteroatoms. The first-order chi connectivity index (χ1) is 29.6. The maximum atomic E-state index is 3.90. The van der Waals surface area contributed by atoms with E-state index in [4.69, 9.17) is 0 Å². The molecule has 0 N–H and O–H groups in total. The maximum absolute atomic E-state index is 3.90. The molecule has 8 aromatic rings. The standard InChI is InChI=1S/C56H50N4/c1-4-5-21-44(2)45(3)57(46-22-11-6-12-23-46)51-32-34-54(35-33-51)60(55-40-36-52(37-41-55)58(47-24-13-7-14-25-47)48-26-15-8-16-27-48)56-42-38-53(39-43-56)59(49-28-17-9-18-29-49)50-30-19-10-20-31-50/h4-45H,1H2,2-3H3/b21-5-. The quantitative estimate of drug-likeness (QED) is 0.0961. The molecule has 0 bridgehead atoms. The molecule has 0 saturated heterocycles. The minimum Gasteiger partial charge on any atom is -0.338 e. The lowest BCUT2D eigenvalue weighted by atomic mass is 9.99. The highest BCUT2D eigenvalue weighted by Gasteiger charge is 2.22. The number of anilines is 11. The van der Waals surface area contributed by atoms with E-state index in [9.17, 15) is 0 Å². The predicted octanol–water partition coefficient (Wildman–Crippen LogP) is 16.0. The van der Waals surface area contributed by atoms with Gasteiger partial charge in [-0.05, 0) is 146 Å². The number of hydrogen-bond acceptors (Lipinski definition) is 4. The molecule has 0 amide bonds. The first-order valence-corrected chi connectivity index (χ1v) is 20.6. The van der Waals surface area contributed by atoms with Crippen LogP contribution in [0.2, 0.25) is 0 Å². The molecule has 0 aliphatic heterocycles. The number of benzene rings is 8. The summed E-state index contributed by atoms with van der Waals surface area (Å²) in [4.78, 5) is 9.36. The molecular formula is C56H50N4. The van der Waals surface area contributed by atoms with Crippen molar-refractivity contribution in [2.75, 3.05) is 19.6 Å². The second-order valence-electron chi connectivity index (χ2n) is 14.8. The molecule has 8 aromatic carbocycles. The fourth-order valence-corrected chi connectivity index (χ4v) is 7.77. The Balaban J connectivity index is 1.20. The van der Waals surface area contributed by atoms with Crippen molar-refractivity contribution in [1.82, 2.24) is 0 Å². The molecule has 60 heavy (non-hydrogen) atoms. The Morgan fingerprint density at radius 1 is 0.317 bits per heavy atom. The number of rotatable bonds is 15. The summed E-state index contributed by atoms with van der Waals surface area (Å²) in [5, 5.41) is 0. The topological polar surface area (TPSA) is 13.0 Å². The summed E-state index contributed by atoms with van der Waals surface area (Å²) < 4.78 is 0. The number of hydrogen-bond donors (Lipinski definition) is 0. The van der Waals surface area contributed by atoms with Crippen LogP contribution in [0.3, 0.4) is 0 Å². The van der Waals surface area contributed by atoms with E-state index < -0.39 is 0 Å². The first-order valence-electron chi connectivity index (χ1n) is 20.6. The van der Waals surface area contributed by atoms with E-state index in [1.165, 1.54) is 0 Å². The number of nitrogens with zero attached hydrogens (tertiary/aromatic N) is 4. The Hall–Kier alpha value is -7.56. The largest absolute Gasteiger partial charge is 0.338 e. The van der Waals surface area contributed by atoms with Crippen molar-refractivity contribution in [2.45, 2.75) is 19.9 Å². The van der Waals surface area contributed by atoms with Crippen LogP contribution in [0.1, 0.15) is 13.8 Å². The van der Waals surface area contributed by atoms with Gasteiger partial charge in [-0.1, -0.05) is 123 Å². The molecule has 0 aromatic heterocycles. The second-order valence-corrected chi connectivity index (χ2v) is 14.8. The lowest BCUT2D eigenvalue weighted by Crippen LogP contribution is -2.33. The maximum Gasteiger partial charge on any atom is 0.0463 e. The zero-order valence-electron chi connectivity index (χ0n) is 34.2. The molecule has 0 spiro atoms. The number of para-hydroxylation sites is 5. The molecule has 0 radical (unpaired) electrons. The third-order valence-corrected chi connectivity index (χ3v) is 10.9. The summed E-state index contributed by atoms with van der Waals surface area (Å²) in [6, 6.07) is 79.8. The van der Waals surface area contributed by atoms with Crippen molar-refractivity contribution in [3.05, 3.63) is 249 Å². The molecule has 0 fully saturated rings. The van der Waals surface area contributed by atoms with Crippen LogP contribution in [0.5, 0.6) is 0 Å². The Bertz CT molecular complexity index is 2350.